The van der Waals surface area contributed by atoms with E-state index >= 15 is 0 Å². The van der Waals surface area contributed by atoms with E-state index in [9.17, 15) is 13.2 Å². The SMILES string of the molecule is O=C(CNS(=O)(=O)c1ccc2c(c1)OCO2)NCCc1cccc(Cl)c1. The van der Waals surface area contributed by atoms with Gasteiger partial charge in [-0.15, -0.1) is 0 Å². The van der Waals surface area contributed by atoms with Crippen molar-refractivity contribution < 1.29 is 22.7 Å². The summed E-state index contributed by atoms with van der Waals surface area (Å²) in [6.07, 6.45) is 0.598. The maximum absolute atomic E-state index is 12.3. The summed E-state index contributed by atoms with van der Waals surface area (Å²) in [7, 11) is -3.82. The molecule has 1 amide bonds. The maximum atomic E-state index is 12.3. The van der Waals surface area contributed by atoms with Crippen molar-refractivity contribution in [2.24, 2.45) is 0 Å². The highest BCUT2D eigenvalue weighted by molar-refractivity contribution is 7.89. The fourth-order valence-electron chi connectivity index (χ4n) is 2.39. The molecule has 1 aliphatic rings. The van der Waals surface area contributed by atoms with Crippen LogP contribution in [0.1, 0.15) is 5.56 Å². The van der Waals surface area contributed by atoms with Crippen LogP contribution in [0.2, 0.25) is 5.02 Å². The van der Waals surface area contributed by atoms with Gasteiger partial charge in [0.15, 0.2) is 11.5 Å². The molecule has 2 N–H and O–H groups in total. The van der Waals surface area contributed by atoms with Crippen LogP contribution in [0.25, 0.3) is 0 Å². The highest BCUT2D eigenvalue weighted by atomic mass is 35.5. The first-order valence-electron chi connectivity index (χ1n) is 7.84. The molecule has 26 heavy (non-hydrogen) atoms. The van der Waals surface area contributed by atoms with Gasteiger partial charge in [-0.25, -0.2) is 13.1 Å². The Hall–Kier alpha value is -2.29. The summed E-state index contributed by atoms with van der Waals surface area (Å²) in [4.78, 5) is 11.9. The van der Waals surface area contributed by atoms with Gasteiger partial charge >= 0.3 is 0 Å². The fraction of sp³-hybridized carbons (Fsp3) is 0.235. The zero-order chi connectivity index (χ0) is 18.6. The number of amides is 1. The van der Waals surface area contributed by atoms with Crippen molar-refractivity contribution in [2.75, 3.05) is 19.9 Å². The first-order chi connectivity index (χ1) is 12.4. The molecule has 1 heterocycles. The van der Waals surface area contributed by atoms with E-state index in [0.717, 1.165) is 5.56 Å². The second-order valence-corrected chi connectivity index (χ2v) is 7.77. The summed E-state index contributed by atoms with van der Waals surface area (Å²) in [5.74, 6) is 0.429. The summed E-state index contributed by atoms with van der Waals surface area (Å²) in [5, 5.41) is 3.29. The molecule has 0 saturated heterocycles. The third-order valence-electron chi connectivity index (χ3n) is 3.70. The van der Waals surface area contributed by atoms with Gasteiger partial charge in [0.05, 0.1) is 11.4 Å². The molecule has 138 valence electrons. The number of fused-ring (bicyclic) bond motifs is 1. The minimum absolute atomic E-state index is 0.00785. The number of hydrogen-bond acceptors (Lipinski definition) is 5. The summed E-state index contributed by atoms with van der Waals surface area (Å²) in [5.41, 5.74) is 0.985. The van der Waals surface area contributed by atoms with Gasteiger partial charge in [0.1, 0.15) is 0 Å². The fourth-order valence-corrected chi connectivity index (χ4v) is 3.60. The topological polar surface area (TPSA) is 93.7 Å². The van der Waals surface area contributed by atoms with Gasteiger partial charge in [-0.2, -0.15) is 0 Å². The lowest BCUT2D eigenvalue weighted by Crippen LogP contribution is -2.37. The Bertz CT molecular complexity index is 917. The largest absolute Gasteiger partial charge is 0.454 e. The summed E-state index contributed by atoms with van der Waals surface area (Å²) < 4.78 is 37.1. The molecule has 0 unspecified atom stereocenters. The molecule has 2 aromatic rings. The number of ether oxygens (including phenoxy) is 2. The van der Waals surface area contributed by atoms with E-state index in [1.165, 1.54) is 18.2 Å². The molecule has 0 aliphatic carbocycles. The van der Waals surface area contributed by atoms with Crippen LogP contribution < -0.4 is 19.5 Å². The van der Waals surface area contributed by atoms with Crippen molar-refractivity contribution >= 4 is 27.5 Å². The predicted octanol–water partition coefficient (Wildman–Crippen LogP) is 1.71. The standard InChI is InChI=1S/C17H17ClN2O5S/c18-13-3-1-2-12(8-13)6-7-19-17(21)10-20-26(22,23)14-4-5-15-16(9-14)25-11-24-15/h1-5,8-9,20H,6-7,10-11H2,(H,19,21). The van der Waals surface area contributed by atoms with Gasteiger partial charge in [0.25, 0.3) is 0 Å². The number of sulfonamides is 1. The molecule has 0 radical (unpaired) electrons. The van der Waals surface area contributed by atoms with Crippen molar-refractivity contribution in [3.8, 4) is 11.5 Å². The van der Waals surface area contributed by atoms with Crippen LogP contribution >= 0.6 is 11.6 Å². The number of benzene rings is 2. The van der Waals surface area contributed by atoms with Crippen LogP contribution in [-0.2, 0) is 21.2 Å². The normalized spacial score (nSPS) is 12.8. The van der Waals surface area contributed by atoms with Crippen LogP contribution in [-0.4, -0.2) is 34.2 Å². The second kappa shape index (κ2) is 7.94. The first kappa shape index (κ1) is 18.5. The quantitative estimate of drug-likeness (QED) is 0.743. The molecular formula is C17H17ClN2O5S. The molecule has 0 fully saturated rings. The predicted molar refractivity (Wildman–Crippen MR) is 95.9 cm³/mol. The van der Waals surface area contributed by atoms with Crippen LogP contribution in [0, 0.1) is 0 Å². The van der Waals surface area contributed by atoms with E-state index in [4.69, 9.17) is 21.1 Å². The molecular weight excluding hydrogens is 380 g/mol. The smallest absolute Gasteiger partial charge is 0.241 e. The molecule has 2 aromatic carbocycles. The zero-order valence-corrected chi connectivity index (χ0v) is 15.3. The number of hydrogen-bond donors (Lipinski definition) is 2. The Kier molecular flexibility index (Phi) is 5.65. The van der Waals surface area contributed by atoms with Crippen molar-refractivity contribution in [3.05, 3.63) is 53.1 Å². The van der Waals surface area contributed by atoms with Crippen molar-refractivity contribution in [1.82, 2.24) is 10.0 Å². The van der Waals surface area contributed by atoms with Crippen LogP contribution in [0.5, 0.6) is 11.5 Å². The zero-order valence-electron chi connectivity index (χ0n) is 13.7. The van der Waals surface area contributed by atoms with E-state index in [2.05, 4.69) is 10.0 Å². The lowest BCUT2D eigenvalue weighted by atomic mass is 10.1. The highest BCUT2D eigenvalue weighted by Gasteiger charge is 2.20. The van der Waals surface area contributed by atoms with E-state index in [1.807, 2.05) is 18.2 Å². The maximum Gasteiger partial charge on any atom is 0.241 e. The molecule has 0 bridgehead atoms. The van der Waals surface area contributed by atoms with Crippen LogP contribution in [0.3, 0.4) is 0 Å². The first-order valence-corrected chi connectivity index (χ1v) is 9.71. The van der Waals surface area contributed by atoms with Gasteiger partial charge < -0.3 is 14.8 Å². The summed E-state index contributed by atoms with van der Waals surface area (Å²) in [6.45, 7) is 0.0819. The van der Waals surface area contributed by atoms with Crippen LogP contribution in [0.4, 0.5) is 0 Å². The van der Waals surface area contributed by atoms with Gasteiger partial charge in [0, 0.05) is 17.6 Å². The minimum Gasteiger partial charge on any atom is -0.454 e. The van der Waals surface area contributed by atoms with Crippen molar-refractivity contribution in [2.45, 2.75) is 11.3 Å². The van der Waals surface area contributed by atoms with Crippen LogP contribution in [0.15, 0.2) is 47.4 Å². The van der Waals surface area contributed by atoms with E-state index in [1.54, 1.807) is 6.07 Å². The Balaban J connectivity index is 1.49. The molecule has 9 heteroatoms. The Labute approximate surface area is 156 Å². The molecule has 0 spiro atoms. The minimum atomic E-state index is -3.82. The molecule has 0 atom stereocenters. The number of nitrogens with one attached hydrogen (secondary N) is 2. The lowest BCUT2D eigenvalue weighted by molar-refractivity contribution is -0.119. The number of carbonyl (C=O) groups excluding carboxylic acids is 1. The third-order valence-corrected chi connectivity index (χ3v) is 5.34. The summed E-state index contributed by atoms with van der Waals surface area (Å²) in [6, 6.07) is 11.6. The van der Waals surface area contributed by atoms with Crippen molar-refractivity contribution in [1.29, 1.82) is 0 Å². The average Bonchev–Trinajstić information content (AvgIpc) is 3.08. The third kappa shape index (κ3) is 4.66. The monoisotopic (exact) mass is 396 g/mol. The van der Waals surface area contributed by atoms with Gasteiger partial charge in [0.2, 0.25) is 22.7 Å². The molecule has 0 aromatic heterocycles. The van der Waals surface area contributed by atoms with E-state index < -0.39 is 15.9 Å². The Morgan fingerprint density at radius 2 is 1.92 bits per heavy atom. The van der Waals surface area contributed by atoms with E-state index in [-0.39, 0.29) is 18.2 Å². The molecule has 0 saturated carbocycles. The van der Waals surface area contributed by atoms with Gasteiger partial charge in [-0.05, 0) is 36.2 Å². The Morgan fingerprint density at radius 3 is 2.73 bits per heavy atom. The van der Waals surface area contributed by atoms with E-state index in [0.29, 0.717) is 29.5 Å². The highest BCUT2D eigenvalue weighted by Crippen LogP contribution is 2.33. The molecule has 1 aliphatic heterocycles. The lowest BCUT2D eigenvalue weighted by Gasteiger charge is -2.08. The van der Waals surface area contributed by atoms with Gasteiger partial charge in [-0.3, -0.25) is 4.79 Å². The Morgan fingerprint density at radius 1 is 1.12 bits per heavy atom. The number of carbonyl (C=O) groups is 1. The number of halogens is 1. The van der Waals surface area contributed by atoms with Crippen molar-refractivity contribution in [3.63, 3.8) is 0 Å². The second-order valence-electron chi connectivity index (χ2n) is 5.57. The summed E-state index contributed by atoms with van der Waals surface area (Å²) >= 11 is 5.90. The molecule has 3 rings (SSSR count). The molecule has 7 nitrogen and oxygen atoms in total. The average molecular weight is 397 g/mol. The number of rotatable bonds is 7. The van der Waals surface area contributed by atoms with Gasteiger partial charge in [-0.1, -0.05) is 23.7 Å².